The van der Waals surface area contributed by atoms with Crippen LogP contribution in [0.3, 0.4) is 0 Å². The summed E-state index contributed by atoms with van der Waals surface area (Å²) in [5.41, 5.74) is 0.243. The zero-order valence-electron chi connectivity index (χ0n) is 12.2. The van der Waals surface area contributed by atoms with Crippen LogP contribution >= 0.6 is 0 Å². The average Bonchev–Trinajstić information content (AvgIpc) is 2.49. The number of carbonyl (C=O) groups is 1. The molecule has 6 heteroatoms. The third kappa shape index (κ3) is 8.29. The smallest absolute Gasteiger partial charge is 0.335 e. The van der Waals surface area contributed by atoms with Crippen molar-refractivity contribution in [2.45, 2.75) is 6.42 Å². The van der Waals surface area contributed by atoms with Crippen molar-refractivity contribution in [3.05, 3.63) is 29.8 Å². The Balaban J connectivity index is 1.98. The molecule has 0 unspecified atom stereocenters. The van der Waals surface area contributed by atoms with E-state index in [1.807, 2.05) is 0 Å². The first-order chi connectivity index (χ1) is 10.2. The quantitative estimate of drug-likeness (QED) is 0.593. The molecule has 0 aromatic heterocycles. The average molecular weight is 298 g/mol. The van der Waals surface area contributed by atoms with Gasteiger partial charge in [-0.3, -0.25) is 0 Å². The predicted molar refractivity (Wildman–Crippen MR) is 77.0 cm³/mol. The van der Waals surface area contributed by atoms with Crippen molar-refractivity contribution in [1.82, 2.24) is 0 Å². The molecule has 1 aromatic carbocycles. The van der Waals surface area contributed by atoms with E-state index in [0.29, 0.717) is 45.4 Å². The second-order valence-corrected chi connectivity index (χ2v) is 4.25. The summed E-state index contributed by atoms with van der Waals surface area (Å²) < 4.78 is 21.0. The van der Waals surface area contributed by atoms with E-state index in [-0.39, 0.29) is 5.56 Å². The second kappa shape index (κ2) is 11.1. The Hall–Kier alpha value is -1.63. The SMILES string of the molecule is COCCOCCCOCCOc1ccc(C(=O)O)cc1. The molecule has 0 spiro atoms. The first-order valence-electron chi connectivity index (χ1n) is 6.84. The fraction of sp³-hybridized carbons (Fsp3) is 0.533. The van der Waals surface area contributed by atoms with E-state index in [1.165, 1.54) is 12.1 Å². The van der Waals surface area contributed by atoms with Crippen LogP contribution in [0.2, 0.25) is 0 Å². The summed E-state index contributed by atoms with van der Waals surface area (Å²) in [6.07, 6.45) is 0.830. The maximum Gasteiger partial charge on any atom is 0.335 e. The van der Waals surface area contributed by atoms with Gasteiger partial charge >= 0.3 is 5.97 Å². The first kappa shape index (κ1) is 17.4. The predicted octanol–water partition coefficient (Wildman–Crippen LogP) is 1.83. The maximum atomic E-state index is 10.7. The molecule has 1 rings (SSSR count). The molecular formula is C15H22O6. The van der Waals surface area contributed by atoms with Crippen molar-refractivity contribution in [2.75, 3.05) is 46.8 Å². The fourth-order valence-corrected chi connectivity index (χ4v) is 1.52. The zero-order chi connectivity index (χ0) is 15.3. The molecule has 1 N–H and O–H groups in total. The van der Waals surface area contributed by atoms with Crippen LogP contribution in [0, 0.1) is 0 Å². The summed E-state index contributed by atoms with van der Waals surface area (Å²) in [7, 11) is 1.64. The Morgan fingerprint density at radius 3 is 2.14 bits per heavy atom. The van der Waals surface area contributed by atoms with E-state index < -0.39 is 5.97 Å². The molecule has 0 heterocycles. The van der Waals surface area contributed by atoms with Gasteiger partial charge in [-0.1, -0.05) is 0 Å². The van der Waals surface area contributed by atoms with Gasteiger partial charge in [0.2, 0.25) is 0 Å². The van der Waals surface area contributed by atoms with Crippen molar-refractivity contribution < 1.29 is 28.8 Å². The minimum absolute atomic E-state index is 0.243. The lowest BCUT2D eigenvalue weighted by Gasteiger charge is -2.07. The standard InChI is InChI=1S/C15H22O6/c1-18-9-10-19-7-2-8-20-11-12-21-14-5-3-13(4-6-14)15(16)17/h3-6H,2,7-12H2,1H3,(H,16,17). The van der Waals surface area contributed by atoms with Gasteiger partial charge in [0.15, 0.2) is 0 Å². The lowest BCUT2D eigenvalue weighted by atomic mass is 10.2. The van der Waals surface area contributed by atoms with Gasteiger partial charge in [0.1, 0.15) is 12.4 Å². The summed E-state index contributed by atoms with van der Waals surface area (Å²) in [5, 5.41) is 8.76. The molecule has 21 heavy (non-hydrogen) atoms. The van der Waals surface area contributed by atoms with Gasteiger partial charge in [-0.15, -0.1) is 0 Å². The Kier molecular flexibility index (Phi) is 9.19. The fourth-order valence-electron chi connectivity index (χ4n) is 1.52. The minimum atomic E-state index is -0.947. The Morgan fingerprint density at radius 1 is 0.952 bits per heavy atom. The normalized spacial score (nSPS) is 10.5. The molecule has 6 nitrogen and oxygen atoms in total. The van der Waals surface area contributed by atoms with E-state index in [0.717, 1.165) is 6.42 Å². The monoisotopic (exact) mass is 298 g/mol. The van der Waals surface area contributed by atoms with Gasteiger partial charge in [-0.05, 0) is 30.7 Å². The highest BCUT2D eigenvalue weighted by Crippen LogP contribution is 2.11. The van der Waals surface area contributed by atoms with Crippen molar-refractivity contribution in [1.29, 1.82) is 0 Å². The number of aromatic carboxylic acids is 1. The number of methoxy groups -OCH3 is 1. The van der Waals surface area contributed by atoms with Crippen LogP contribution in [0.1, 0.15) is 16.8 Å². The van der Waals surface area contributed by atoms with Gasteiger partial charge in [0.05, 0.1) is 25.4 Å². The molecular weight excluding hydrogens is 276 g/mol. The van der Waals surface area contributed by atoms with Crippen LogP contribution in [0.5, 0.6) is 5.75 Å². The van der Waals surface area contributed by atoms with Crippen molar-refractivity contribution in [3.8, 4) is 5.75 Å². The largest absolute Gasteiger partial charge is 0.491 e. The second-order valence-electron chi connectivity index (χ2n) is 4.25. The van der Waals surface area contributed by atoms with E-state index >= 15 is 0 Å². The summed E-state index contributed by atoms with van der Waals surface area (Å²) in [6.45, 7) is 3.40. The molecule has 1 aromatic rings. The van der Waals surface area contributed by atoms with E-state index in [2.05, 4.69) is 0 Å². The van der Waals surface area contributed by atoms with Gasteiger partial charge in [0, 0.05) is 20.3 Å². The van der Waals surface area contributed by atoms with Crippen LogP contribution < -0.4 is 4.74 Å². The highest BCUT2D eigenvalue weighted by molar-refractivity contribution is 5.87. The van der Waals surface area contributed by atoms with E-state index in [1.54, 1.807) is 19.2 Å². The molecule has 0 aliphatic carbocycles. The van der Waals surface area contributed by atoms with Crippen LogP contribution in [0.15, 0.2) is 24.3 Å². The number of ether oxygens (including phenoxy) is 4. The Morgan fingerprint density at radius 2 is 1.57 bits per heavy atom. The molecule has 0 aliphatic rings. The number of carboxylic acid groups (broad SMARTS) is 1. The molecule has 0 aliphatic heterocycles. The van der Waals surface area contributed by atoms with Gasteiger partial charge in [-0.2, -0.15) is 0 Å². The van der Waals surface area contributed by atoms with Crippen LogP contribution in [-0.2, 0) is 14.2 Å². The molecule has 0 amide bonds. The minimum Gasteiger partial charge on any atom is -0.491 e. The van der Waals surface area contributed by atoms with Gasteiger partial charge in [0.25, 0.3) is 0 Å². The maximum absolute atomic E-state index is 10.7. The lowest BCUT2D eigenvalue weighted by Crippen LogP contribution is -2.10. The topological polar surface area (TPSA) is 74.2 Å². The molecule has 0 bridgehead atoms. The third-order valence-corrected chi connectivity index (χ3v) is 2.61. The third-order valence-electron chi connectivity index (χ3n) is 2.61. The number of hydrogen-bond acceptors (Lipinski definition) is 5. The summed E-state index contributed by atoms with van der Waals surface area (Å²) >= 11 is 0. The van der Waals surface area contributed by atoms with Crippen molar-refractivity contribution >= 4 is 5.97 Å². The highest BCUT2D eigenvalue weighted by atomic mass is 16.5. The van der Waals surface area contributed by atoms with Crippen molar-refractivity contribution in [2.24, 2.45) is 0 Å². The lowest BCUT2D eigenvalue weighted by molar-refractivity contribution is 0.0459. The van der Waals surface area contributed by atoms with Crippen LogP contribution in [-0.4, -0.2) is 57.8 Å². The summed E-state index contributed by atoms with van der Waals surface area (Å²) in [6, 6.07) is 6.28. The molecule has 0 atom stereocenters. The molecule has 0 saturated heterocycles. The first-order valence-corrected chi connectivity index (χ1v) is 6.84. The Bertz CT molecular complexity index is 390. The molecule has 0 saturated carbocycles. The van der Waals surface area contributed by atoms with E-state index in [9.17, 15) is 4.79 Å². The number of carboxylic acids is 1. The van der Waals surface area contributed by atoms with Crippen molar-refractivity contribution in [3.63, 3.8) is 0 Å². The van der Waals surface area contributed by atoms with Gasteiger partial charge in [-0.25, -0.2) is 4.79 Å². The van der Waals surface area contributed by atoms with Gasteiger partial charge < -0.3 is 24.1 Å². The number of benzene rings is 1. The molecule has 0 fully saturated rings. The summed E-state index contributed by atoms with van der Waals surface area (Å²) in [5.74, 6) is -0.316. The number of hydrogen-bond donors (Lipinski definition) is 1. The summed E-state index contributed by atoms with van der Waals surface area (Å²) in [4.78, 5) is 10.7. The molecule has 118 valence electrons. The van der Waals surface area contributed by atoms with E-state index in [4.69, 9.17) is 24.1 Å². The highest BCUT2D eigenvalue weighted by Gasteiger charge is 2.01. The molecule has 0 radical (unpaired) electrons. The Labute approximate surface area is 124 Å². The zero-order valence-corrected chi connectivity index (χ0v) is 12.2. The van der Waals surface area contributed by atoms with Crippen LogP contribution in [0.25, 0.3) is 0 Å². The number of rotatable bonds is 12. The van der Waals surface area contributed by atoms with Crippen LogP contribution in [0.4, 0.5) is 0 Å².